The van der Waals surface area contributed by atoms with Crippen molar-refractivity contribution in [3.8, 4) is 0 Å². The number of aliphatic hydroxyl groups excluding tert-OH is 1. The van der Waals surface area contributed by atoms with E-state index in [0.29, 0.717) is 0 Å². The van der Waals surface area contributed by atoms with Crippen molar-refractivity contribution < 1.29 is 5.11 Å². The largest absolute Gasteiger partial charge is 0.377 e. The van der Waals surface area contributed by atoms with E-state index in [4.69, 9.17) is 5.11 Å². The van der Waals surface area contributed by atoms with Gasteiger partial charge in [-0.1, -0.05) is 0 Å². The zero-order valence-electron chi connectivity index (χ0n) is 3.78. The summed E-state index contributed by atoms with van der Waals surface area (Å²) in [6, 6.07) is 0. The van der Waals surface area contributed by atoms with Gasteiger partial charge in [-0.3, -0.25) is 0 Å². The highest BCUT2D eigenvalue weighted by Crippen LogP contribution is 1.78. The maximum atomic E-state index is 8.65. The minimum Gasteiger partial charge on any atom is -0.377 e. The molecule has 1 heterocycles. The lowest BCUT2D eigenvalue weighted by Crippen LogP contribution is -2.08. The van der Waals surface area contributed by atoms with Crippen molar-refractivity contribution in [2.75, 3.05) is 0 Å². The summed E-state index contributed by atoms with van der Waals surface area (Å²) in [6.07, 6.45) is 6.01. The SMILES string of the molecule is OC1C=CC=[N+]=C1. The fourth-order valence-electron chi connectivity index (χ4n) is 0.401. The summed E-state index contributed by atoms with van der Waals surface area (Å²) in [6.45, 7) is 0. The summed E-state index contributed by atoms with van der Waals surface area (Å²) in [5.74, 6) is 0. The number of rotatable bonds is 0. The Morgan fingerprint density at radius 3 is 2.71 bits per heavy atom. The van der Waals surface area contributed by atoms with Crippen molar-refractivity contribution >= 4 is 12.4 Å². The van der Waals surface area contributed by atoms with Crippen molar-refractivity contribution in [3.05, 3.63) is 12.2 Å². The third-order valence-electron chi connectivity index (χ3n) is 0.719. The van der Waals surface area contributed by atoms with Gasteiger partial charge in [-0.15, -0.1) is 4.67 Å². The molecule has 1 atom stereocenters. The molecule has 1 aliphatic heterocycles. The number of hydrogen-bond donors (Lipinski definition) is 1. The Balaban J connectivity index is 2.77. The lowest BCUT2D eigenvalue weighted by molar-refractivity contribution is 0.293. The minimum absolute atomic E-state index is 0.468. The fourth-order valence-corrected chi connectivity index (χ4v) is 0.401. The quantitative estimate of drug-likeness (QED) is 0.391. The van der Waals surface area contributed by atoms with Crippen LogP contribution in [0, 0.1) is 0 Å². The summed E-state index contributed by atoms with van der Waals surface area (Å²) >= 11 is 0. The molecular formula is C5H6NO+. The summed E-state index contributed by atoms with van der Waals surface area (Å²) in [5.41, 5.74) is 0. The lowest BCUT2D eigenvalue weighted by Gasteiger charge is -1.84. The Bertz CT molecular complexity index is 142. The van der Waals surface area contributed by atoms with E-state index >= 15 is 0 Å². The second-order valence-corrected chi connectivity index (χ2v) is 1.32. The first-order valence-corrected chi connectivity index (χ1v) is 2.11. The van der Waals surface area contributed by atoms with Gasteiger partial charge in [0.25, 0.3) is 6.21 Å². The van der Waals surface area contributed by atoms with Gasteiger partial charge in [0.1, 0.15) is 0 Å². The molecule has 0 fully saturated rings. The predicted octanol–water partition coefficient (Wildman–Crippen LogP) is -0.874. The molecule has 0 radical (unpaired) electrons. The van der Waals surface area contributed by atoms with Gasteiger partial charge in [-0.25, -0.2) is 0 Å². The molecule has 1 N–H and O–H groups in total. The smallest absolute Gasteiger partial charge is 0.301 e. The Kier molecular flexibility index (Phi) is 1.07. The molecular weight excluding hydrogens is 90.1 g/mol. The average molecular weight is 96.1 g/mol. The van der Waals surface area contributed by atoms with Gasteiger partial charge in [-0.2, -0.15) is 0 Å². The molecule has 0 amide bonds. The Hall–Kier alpha value is -0.850. The van der Waals surface area contributed by atoms with E-state index in [2.05, 4.69) is 4.67 Å². The van der Waals surface area contributed by atoms with E-state index in [1.54, 1.807) is 18.4 Å². The topological polar surface area (TPSA) is 34.3 Å². The van der Waals surface area contributed by atoms with Crippen LogP contribution in [-0.2, 0) is 0 Å². The van der Waals surface area contributed by atoms with Crippen LogP contribution in [0.2, 0.25) is 0 Å². The van der Waals surface area contributed by atoms with Crippen LogP contribution < -0.4 is 4.67 Å². The Labute approximate surface area is 41.5 Å². The molecule has 1 rings (SSSR count). The van der Waals surface area contributed by atoms with Gasteiger partial charge in [-0.05, 0) is 6.08 Å². The normalized spacial score (nSPS) is 26.1. The number of allylic oxidation sites excluding steroid dienone is 1. The molecule has 0 aromatic carbocycles. The van der Waals surface area contributed by atoms with Crippen LogP contribution in [0.4, 0.5) is 0 Å². The van der Waals surface area contributed by atoms with Crippen LogP contribution in [-0.4, -0.2) is 23.6 Å². The van der Waals surface area contributed by atoms with E-state index in [0.717, 1.165) is 0 Å². The molecule has 7 heavy (non-hydrogen) atoms. The second kappa shape index (κ2) is 1.73. The fraction of sp³-hybridized carbons (Fsp3) is 0.200. The maximum absolute atomic E-state index is 8.65. The predicted molar refractivity (Wildman–Crippen MR) is 29.4 cm³/mol. The third kappa shape index (κ3) is 1.000. The highest BCUT2D eigenvalue weighted by atomic mass is 16.3. The molecule has 0 spiro atoms. The molecule has 1 unspecified atom stereocenters. The first-order valence-electron chi connectivity index (χ1n) is 2.11. The molecule has 0 aromatic rings. The third-order valence-corrected chi connectivity index (χ3v) is 0.719. The molecule has 36 valence electrons. The van der Waals surface area contributed by atoms with Crippen LogP contribution in [0.3, 0.4) is 0 Å². The number of nitrogens with zero attached hydrogens (tertiary/aromatic N) is 1. The highest BCUT2D eigenvalue weighted by molar-refractivity contribution is 5.80. The summed E-state index contributed by atoms with van der Waals surface area (Å²) < 4.78 is 3.67. The molecule has 0 aromatic heterocycles. The monoisotopic (exact) mass is 96.0 g/mol. The van der Waals surface area contributed by atoms with E-state index in [9.17, 15) is 0 Å². The second-order valence-electron chi connectivity index (χ2n) is 1.32. The van der Waals surface area contributed by atoms with Crippen molar-refractivity contribution in [2.24, 2.45) is 0 Å². The van der Waals surface area contributed by atoms with Crippen LogP contribution in [0.25, 0.3) is 0 Å². The van der Waals surface area contributed by atoms with Crippen LogP contribution in [0.15, 0.2) is 12.2 Å². The zero-order chi connectivity index (χ0) is 5.11. The van der Waals surface area contributed by atoms with Crippen LogP contribution in [0.1, 0.15) is 0 Å². The average Bonchev–Trinajstić information content (AvgIpc) is 1.69. The van der Waals surface area contributed by atoms with Gasteiger partial charge < -0.3 is 5.11 Å². The minimum atomic E-state index is -0.468. The van der Waals surface area contributed by atoms with Crippen LogP contribution >= 0.6 is 0 Å². The van der Waals surface area contributed by atoms with Crippen molar-refractivity contribution in [1.29, 1.82) is 0 Å². The van der Waals surface area contributed by atoms with E-state index in [1.807, 2.05) is 0 Å². The van der Waals surface area contributed by atoms with Crippen molar-refractivity contribution in [2.45, 2.75) is 6.10 Å². The van der Waals surface area contributed by atoms with E-state index < -0.39 is 6.10 Å². The molecule has 1 aliphatic rings. The molecule has 2 heteroatoms. The number of hydrogen-bond acceptors (Lipinski definition) is 1. The molecule has 2 nitrogen and oxygen atoms in total. The summed E-state index contributed by atoms with van der Waals surface area (Å²) in [5, 5.41) is 8.65. The summed E-state index contributed by atoms with van der Waals surface area (Å²) in [7, 11) is 0. The lowest BCUT2D eigenvalue weighted by atomic mass is 10.3. The van der Waals surface area contributed by atoms with Gasteiger partial charge in [0.2, 0.25) is 0 Å². The maximum Gasteiger partial charge on any atom is 0.301 e. The Morgan fingerprint density at radius 2 is 2.43 bits per heavy atom. The molecule has 0 aliphatic carbocycles. The van der Waals surface area contributed by atoms with E-state index in [1.165, 1.54) is 6.21 Å². The molecule has 0 bridgehead atoms. The zero-order valence-corrected chi connectivity index (χ0v) is 3.78. The van der Waals surface area contributed by atoms with Crippen LogP contribution in [0.5, 0.6) is 0 Å². The van der Waals surface area contributed by atoms with Gasteiger partial charge in [0, 0.05) is 6.08 Å². The molecule has 0 saturated carbocycles. The van der Waals surface area contributed by atoms with Gasteiger partial charge >= 0.3 is 6.21 Å². The van der Waals surface area contributed by atoms with Crippen molar-refractivity contribution in [1.82, 2.24) is 4.67 Å². The van der Waals surface area contributed by atoms with Gasteiger partial charge in [0.05, 0.1) is 0 Å². The van der Waals surface area contributed by atoms with Crippen molar-refractivity contribution in [3.63, 3.8) is 0 Å². The van der Waals surface area contributed by atoms with Gasteiger partial charge in [0.15, 0.2) is 6.10 Å². The summed E-state index contributed by atoms with van der Waals surface area (Å²) in [4.78, 5) is 0. The van der Waals surface area contributed by atoms with E-state index in [-0.39, 0.29) is 0 Å². The standard InChI is InChI=1S/C5H6NO/c7-5-2-1-3-6-4-5/h1-5,7H/q+1. The molecule has 0 saturated heterocycles. The Morgan fingerprint density at radius 1 is 1.57 bits per heavy atom. The highest BCUT2D eigenvalue weighted by Gasteiger charge is 2.00. The first kappa shape index (κ1) is 4.31. The number of aliphatic hydroxyl groups is 1. The first-order chi connectivity index (χ1) is 3.39.